The van der Waals surface area contributed by atoms with Crippen molar-refractivity contribution in [1.82, 2.24) is 9.55 Å². The Morgan fingerprint density at radius 3 is 2.65 bits per heavy atom. The van der Waals surface area contributed by atoms with E-state index >= 15 is 0 Å². The van der Waals surface area contributed by atoms with Gasteiger partial charge in [-0.05, 0) is 0 Å². The van der Waals surface area contributed by atoms with Crippen LogP contribution in [0.25, 0.3) is 0 Å². The monoisotopic (exact) mass is 404 g/mol. The van der Waals surface area contributed by atoms with Gasteiger partial charge in [0.1, 0.15) is 0 Å². The number of hydrogen-bond donors (Lipinski definition) is 1. The second-order valence-corrected chi connectivity index (χ2v) is 15.7. The molecule has 0 aromatic carbocycles. The minimum atomic E-state index is -0.848. The molecule has 2 saturated heterocycles. The first-order valence-corrected chi connectivity index (χ1v) is 14.4. The molecule has 4 atom stereocenters. The molecule has 2 aliphatic heterocycles. The van der Waals surface area contributed by atoms with E-state index in [-0.39, 0.29) is 18.3 Å². The molecule has 0 aliphatic carbocycles. The molecule has 128 valence electrons. The van der Waals surface area contributed by atoms with Crippen LogP contribution in [0.4, 0.5) is 0 Å². The maximum absolute atomic E-state index is 12.1. The zero-order valence-electron chi connectivity index (χ0n) is 13.5. The number of nitrogens with zero attached hydrogens (tertiary/aromatic N) is 1. The van der Waals surface area contributed by atoms with Gasteiger partial charge < -0.3 is 0 Å². The molecular weight excluding hydrogens is 383 g/mol. The van der Waals surface area contributed by atoms with Crippen LogP contribution in [0.2, 0.25) is 11.4 Å². The van der Waals surface area contributed by atoms with E-state index in [2.05, 4.69) is 16.4 Å². The van der Waals surface area contributed by atoms with Crippen molar-refractivity contribution in [3.63, 3.8) is 0 Å². The molecule has 1 aromatic rings. The van der Waals surface area contributed by atoms with Crippen molar-refractivity contribution < 1.29 is 14.2 Å². The predicted molar refractivity (Wildman–Crippen MR) is 89.0 cm³/mol. The van der Waals surface area contributed by atoms with E-state index in [0.29, 0.717) is 0 Å². The van der Waals surface area contributed by atoms with E-state index in [1.807, 2.05) is 23.9 Å². The molecule has 2 aliphatic rings. The number of nitrogens with one attached hydrogen (secondary N) is 1. The van der Waals surface area contributed by atoms with E-state index in [0.717, 1.165) is 5.75 Å². The molecule has 0 radical (unpaired) electrons. The molecule has 2 fully saturated rings. The van der Waals surface area contributed by atoms with Gasteiger partial charge in [0, 0.05) is 0 Å². The fourth-order valence-corrected chi connectivity index (χ4v) is 6.38. The van der Waals surface area contributed by atoms with E-state index in [4.69, 9.17) is 14.2 Å². The molecule has 9 heteroatoms. The van der Waals surface area contributed by atoms with Crippen molar-refractivity contribution >= 4 is 23.5 Å². The Bertz CT molecular complexity index is 688. The third kappa shape index (κ3) is 3.61. The maximum atomic E-state index is 12.1. The molecule has 7 nitrogen and oxygen atoms in total. The summed E-state index contributed by atoms with van der Waals surface area (Å²) < 4.78 is 19.4. The number of fused-ring (bicyclic) bond motifs is 1. The van der Waals surface area contributed by atoms with Crippen molar-refractivity contribution in [2.24, 2.45) is 0 Å². The minimum absolute atomic E-state index is 0.132. The molecule has 1 aromatic heterocycles. The second-order valence-electron chi connectivity index (χ2n) is 6.26. The van der Waals surface area contributed by atoms with Crippen LogP contribution in [0.5, 0.6) is 0 Å². The first kappa shape index (κ1) is 17.3. The molecule has 3 rings (SSSR count). The van der Waals surface area contributed by atoms with Gasteiger partial charge in [-0.15, -0.1) is 0 Å². The number of ether oxygens (including phenoxy) is 3. The van der Waals surface area contributed by atoms with Gasteiger partial charge in [-0.25, -0.2) is 0 Å². The van der Waals surface area contributed by atoms with Crippen LogP contribution in [0.15, 0.2) is 21.9 Å². The van der Waals surface area contributed by atoms with Crippen molar-refractivity contribution in [2.75, 3.05) is 5.75 Å². The third-order valence-electron chi connectivity index (χ3n) is 3.75. The summed E-state index contributed by atoms with van der Waals surface area (Å²) in [6, 6.07) is 1.31. The van der Waals surface area contributed by atoms with Crippen LogP contribution in [0.3, 0.4) is 0 Å². The zero-order valence-corrected chi connectivity index (χ0v) is 16.2. The number of aromatic amines is 1. The summed E-state index contributed by atoms with van der Waals surface area (Å²) in [7, 11) is 1.92. The van der Waals surface area contributed by atoms with Crippen molar-refractivity contribution in [3.8, 4) is 0 Å². The van der Waals surface area contributed by atoms with E-state index in [9.17, 15) is 9.59 Å². The average molecular weight is 404 g/mol. The van der Waals surface area contributed by atoms with Crippen LogP contribution in [-0.4, -0.2) is 52.9 Å². The first-order valence-electron chi connectivity index (χ1n) is 7.40. The Kier molecular flexibility index (Phi) is 4.82. The standard InChI is InChI=1S/C14H21AsN2O5S/c1-14(2)21-10-8(7-23-15(3)4)20-12(11(10)22-14)17-6-5-9(18)16-13(17)19/h5-6,8,10-12H,7H2,1-4H3,(H,16,18,19)/t8-,10-,11-,12-/m1/s1. The number of rotatable bonds is 4. The summed E-state index contributed by atoms with van der Waals surface area (Å²) in [6.07, 6.45) is 0.146. The van der Waals surface area contributed by atoms with Crippen LogP contribution in [-0.2, 0) is 14.2 Å². The summed E-state index contributed by atoms with van der Waals surface area (Å²) in [5, 5.41) is 0. The van der Waals surface area contributed by atoms with Crippen molar-refractivity contribution in [2.45, 2.75) is 55.6 Å². The summed E-state index contributed by atoms with van der Waals surface area (Å²) in [5.74, 6) is 0.115. The van der Waals surface area contributed by atoms with Crippen LogP contribution in [0.1, 0.15) is 20.1 Å². The van der Waals surface area contributed by atoms with Crippen molar-refractivity contribution in [3.05, 3.63) is 33.1 Å². The molecule has 0 unspecified atom stereocenters. The van der Waals surface area contributed by atoms with Gasteiger partial charge in [0.05, 0.1) is 0 Å². The number of H-pyrrole nitrogens is 1. The van der Waals surface area contributed by atoms with Gasteiger partial charge >= 0.3 is 142 Å². The number of hydrogen-bond acceptors (Lipinski definition) is 6. The molecular formula is C14H21AsN2O5S. The topological polar surface area (TPSA) is 82.6 Å². The van der Waals surface area contributed by atoms with Gasteiger partial charge in [0.15, 0.2) is 0 Å². The predicted octanol–water partition coefficient (Wildman–Crippen LogP) is 0.938. The summed E-state index contributed by atoms with van der Waals surface area (Å²) in [6.45, 7) is 3.72. The molecule has 0 bridgehead atoms. The van der Waals surface area contributed by atoms with E-state index in [1.54, 1.807) is 0 Å². The summed E-state index contributed by atoms with van der Waals surface area (Å²) in [4.78, 5) is 25.6. The van der Waals surface area contributed by atoms with Crippen LogP contribution < -0.4 is 11.2 Å². The average Bonchev–Trinajstić information content (AvgIpc) is 2.90. The zero-order chi connectivity index (χ0) is 16.8. The quantitative estimate of drug-likeness (QED) is 0.753. The molecule has 23 heavy (non-hydrogen) atoms. The Balaban J connectivity index is 1.88. The van der Waals surface area contributed by atoms with Gasteiger partial charge in [-0.2, -0.15) is 0 Å². The molecule has 3 heterocycles. The molecule has 1 N–H and O–H groups in total. The normalized spacial score (nSPS) is 32.4. The fourth-order valence-electron chi connectivity index (χ4n) is 2.87. The summed E-state index contributed by atoms with van der Waals surface area (Å²) in [5.41, 5.74) is 3.61. The first-order chi connectivity index (χ1) is 10.8. The third-order valence-corrected chi connectivity index (χ3v) is 8.93. The Morgan fingerprint density at radius 1 is 1.30 bits per heavy atom. The van der Waals surface area contributed by atoms with Crippen LogP contribution in [0, 0.1) is 0 Å². The van der Waals surface area contributed by atoms with Gasteiger partial charge in [-0.1, -0.05) is 0 Å². The van der Waals surface area contributed by atoms with Gasteiger partial charge in [0.2, 0.25) is 0 Å². The van der Waals surface area contributed by atoms with Crippen molar-refractivity contribution in [1.29, 1.82) is 0 Å². The molecule has 0 amide bonds. The van der Waals surface area contributed by atoms with E-state index < -0.39 is 36.8 Å². The summed E-state index contributed by atoms with van der Waals surface area (Å²) >= 11 is -0.848. The number of aromatic nitrogens is 2. The van der Waals surface area contributed by atoms with Gasteiger partial charge in [-0.3, -0.25) is 0 Å². The van der Waals surface area contributed by atoms with Gasteiger partial charge in [0.25, 0.3) is 0 Å². The van der Waals surface area contributed by atoms with Crippen LogP contribution >= 0.6 is 10.0 Å². The SMILES string of the molecule is C[As](C)SC[C@H]1O[C@@H](n2ccc(=O)[nH]c2=O)[C@@H]2OC(C)(C)O[C@@H]21. The second kappa shape index (κ2) is 6.41. The Labute approximate surface area is 141 Å². The van der Waals surface area contributed by atoms with E-state index in [1.165, 1.54) is 16.8 Å². The molecule has 0 spiro atoms. The Hall–Kier alpha value is -0.532. The molecule has 0 saturated carbocycles. The Morgan fingerprint density at radius 2 is 2.00 bits per heavy atom. The fraction of sp³-hybridized carbons (Fsp3) is 0.714.